The summed E-state index contributed by atoms with van der Waals surface area (Å²) in [6.45, 7) is -0.645. The van der Waals surface area contributed by atoms with Crippen LogP contribution in [-0.2, 0) is 11.0 Å². The van der Waals surface area contributed by atoms with Gasteiger partial charge in [-0.3, -0.25) is 4.79 Å². The average Bonchev–Trinajstić information content (AvgIpc) is 2.52. The van der Waals surface area contributed by atoms with E-state index in [1.54, 1.807) is 0 Å². The van der Waals surface area contributed by atoms with Crippen molar-refractivity contribution in [2.45, 2.75) is 6.18 Å². The number of ether oxygens (including phenoxy) is 1. The molecule has 1 amide bonds. The first-order chi connectivity index (χ1) is 11.3. The minimum Gasteiger partial charge on any atom is -0.481 e. The zero-order valence-corrected chi connectivity index (χ0v) is 12.1. The van der Waals surface area contributed by atoms with Crippen LogP contribution in [-0.4, -0.2) is 23.6 Å². The average molecular weight is 339 g/mol. The molecule has 0 saturated carbocycles. The molecule has 0 bridgehead atoms. The summed E-state index contributed by atoms with van der Waals surface area (Å²) in [5.74, 6) is -1.91. The maximum atomic E-state index is 12.7. The summed E-state index contributed by atoms with van der Waals surface area (Å²) < 4.78 is 43.0. The molecule has 24 heavy (non-hydrogen) atoms. The molecule has 8 heteroatoms. The maximum Gasteiger partial charge on any atom is 0.416 e. The number of halogens is 3. The van der Waals surface area contributed by atoms with Gasteiger partial charge in [-0.2, -0.15) is 13.2 Å². The molecule has 0 aromatic heterocycles. The second-order valence-electron chi connectivity index (χ2n) is 4.71. The molecule has 0 atom stereocenters. The predicted molar refractivity (Wildman–Crippen MR) is 79.0 cm³/mol. The van der Waals surface area contributed by atoms with Crippen LogP contribution in [0.3, 0.4) is 0 Å². The van der Waals surface area contributed by atoms with Crippen molar-refractivity contribution in [1.29, 1.82) is 0 Å². The summed E-state index contributed by atoms with van der Waals surface area (Å²) in [5.41, 5.74) is -0.922. The van der Waals surface area contributed by atoms with Gasteiger partial charge in [0, 0.05) is 5.69 Å². The molecular formula is C16H12F3NO4. The third kappa shape index (κ3) is 4.48. The number of carbonyl (C=O) groups excluding carboxylic acids is 1. The molecular weight excluding hydrogens is 327 g/mol. The van der Waals surface area contributed by atoms with Crippen molar-refractivity contribution >= 4 is 17.6 Å². The summed E-state index contributed by atoms with van der Waals surface area (Å²) in [4.78, 5) is 22.8. The fourth-order valence-electron chi connectivity index (χ4n) is 1.89. The van der Waals surface area contributed by atoms with Gasteiger partial charge in [0.15, 0.2) is 6.61 Å². The Hall–Kier alpha value is -3.03. The highest BCUT2D eigenvalue weighted by Gasteiger charge is 2.30. The second-order valence-corrected chi connectivity index (χ2v) is 4.71. The molecule has 0 aliphatic heterocycles. The van der Waals surface area contributed by atoms with Crippen LogP contribution in [0.4, 0.5) is 18.9 Å². The number of aliphatic carboxylic acids is 1. The van der Waals surface area contributed by atoms with E-state index in [2.05, 4.69) is 5.32 Å². The van der Waals surface area contributed by atoms with Crippen molar-refractivity contribution in [3.05, 3.63) is 59.7 Å². The number of carboxylic acids is 1. The Kier molecular flexibility index (Phi) is 5.08. The van der Waals surface area contributed by atoms with E-state index in [0.29, 0.717) is 0 Å². The van der Waals surface area contributed by atoms with E-state index >= 15 is 0 Å². The lowest BCUT2D eigenvalue weighted by molar-refractivity contribution is -0.139. The number of benzene rings is 2. The number of rotatable bonds is 5. The topological polar surface area (TPSA) is 75.6 Å². The molecule has 126 valence electrons. The normalized spacial score (nSPS) is 11.0. The number of hydrogen-bond donors (Lipinski definition) is 2. The number of carbonyl (C=O) groups is 2. The van der Waals surface area contributed by atoms with Gasteiger partial charge in [-0.25, -0.2) is 4.79 Å². The van der Waals surface area contributed by atoms with Gasteiger partial charge in [-0.1, -0.05) is 18.2 Å². The second kappa shape index (κ2) is 7.03. The van der Waals surface area contributed by atoms with E-state index in [1.165, 1.54) is 36.4 Å². The zero-order chi connectivity index (χ0) is 17.7. The van der Waals surface area contributed by atoms with Crippen LogP contribution in [0.2, 0.25) is 0 Å². The molecule has 0 unspecified atom stereocenters. The number of carboxylic acid groups (broad SMARTS) is 1. The van der Waals surface area contributed by atoms with Gasteiger partial charge in [0.05, 0.1) is 11.1 Å². The first-order valence-electron chi connectivity index (χ1n) is 6.69. The molecule has 0 heterocycles. The van der Waals surface area contributed by atoms with Gasteiger partial charge in [0.25, 0.3) is 5.91 Å². The molecule has 0 aliphatic carbocycles. The van der Waals surface area contributed by atoms with Crippen molar-refractivity contribution in [2.24, 2.45) is 0 Å². The van der Waals surface area contributed by atoms with Crippen LogP contribution >= 0.6 is 0 Å². The number of alkyl halides is 3. The minimum absolute atomic E-state index is 0.0103. The van der Waals surface area contributed by atoms with Gasteiger partial charge in [-0.15, -0.1) is 0 Å². The zero-order valence-electron chi connectivity index (χ0n) is 12.1. The van der Waals surface area contributed by atoms with Crippen LogP contribution in [0.15, 0.2) is 48.5 Å². The van der Waals surface area contributed by atoms with Crippen molar-refractivity contribution in [3.8, 4) is 5.75 Å². The van der Waals surface area contributed by atoms with Crippen LogP contribution < -0.4 is 10.1 Å². The minimum atomic E-state index is -4.52. The molecule has 0 fully saturated rings. The van der Waals surface area contributed by atoms with Gasteiger partial charge in [0.1, 0.15) is 5.75 Å². The lowest BCUT2D eigenvalue weighted by atomic mass is 10.1. The van der Waals surface area contributed by atoms with E-state index < -0.39 is 30.2 Å². The molecule has 2 N–H and O–H groups in total. The summed E-state index contributed by atoms with van der Waals surface area (Å²) in [5, 5.41) is 10.9. The highest BCUT2D eigenvalue weighted by molar-refractivity contribution is 6.06. The molecule has 0 spiro atoms. The number of anilines is 1. The van der Waals surface area contributed by atoms with Crippen molar-refractivity contribution in [1.82, 2.24) is 0 Å². The Labute approximate surface area is 134 Å². The van der Waals surface area contributed by atoms with Crippen molar-refractivity contribution < 1.29 is 32.6 Å². The quantitative estimate of drug-likeness (QED) is 0.875. The maximum absolute atomic E-state index is 12.7. The molecule has 0 aliphatic rings. The first kappa shape index (κ1) is 17.3. The SMILES string of the molecule is O=C(O)COc1ccccc1C(=O)Nc1cccc(C(F)(F)F)c1. The third-order valence-electron chi connectivity index (χ3n) is 2.93. The lowest BCUT2D eigenvalue weighted by Crippen LogP contribution is -2.16. The largest absolute Gasteiger partial charge is 0.481 e. The predicted octanol–water partition coefficient (Wildman–Crippen LogP) is 3.42. The van der Waals surface area contributed by atoms with E-state index in [-0.39, 0.29) is 17.0 Å². The van der Waals surface area contributed by atoms with Crippen LogP contribution in [0.1, 0.15) is 15.9 Å². The summed E-state index contributed by atoms with van der Waals surface area (Å²) >= 11 is 0. The van der Waals surface area contributed by atoms with E-state index in [9.17, 15) is 22.8 Å². The van der Waals surface area contributed by atoms with Gasteiger partial charge >= 0.3 is 12.1 Å². The van der Waals surface area contributed by atoms with Gasteiger partial charge in [-0.05, 0) is 30.3 Å². The lowest BCUT2D eigenvalue weighted by Gasteiger charge is -2.12. The summed E-state index contributed by atoms with van der Waals surface area (Å²) in [6, 6.07) is 10.0. The fraction of sp³-hybridized carbons (Fsp3) is 0.125. The van der Waals surface area contributed by atoms with Crippen LogP contribution in [0.25, 0.3) is 0 Å². The van der Waals surface area contributed by atoms with Gasteiger partial charge < -0.3 is 15.2 Å². The molecule has 2 aromatic carbocycles. The number of nitrogens with one attached hydrogen (secondary N) is 1. The van der Waals surface area contributed by atoms with E-state index in [1.807, 2.05) is 0 Å². The monoisotopic (exact) mass is 339 g/mol. The highest BCUT2D eigenvalue weighted by atomic mass is 19.4. The first-order valence-corrected chi connectivity index (χ1v) is 6.69. The highest BCUT2D eigenvalue weighted by Crippen LogP contribution is 2.31. The summed E-state index contributed by atoms with van der Waals surface area (Å²) in [7, 11) is 0. The number of para-hydroxylation sites is 1. The Morgan fingerprint density at radius 3 is 2.46 bits per heavy atom. The van der Waals surface area contributed by atoms with Crippen LogP contribution in [0.5, 0.6) is 5.75 Å². The third-order valence-corrected chi connectivity index (χ3v) is 2.93. The van der Waals surface area contributed by atoms with Crippen LogP contribution in [0, 0.1) is 0 Å². The molecule has 5 nitrogen and oxygen atoms in total. The van der Waals surface area contributed by atoms with Crippen molar-refractivity contribution in [2.75, 3.05) is 11.9 Å². The Bertz CT molecular complexity index is 759. The Morgan fingerprint density at radius 2 is 1.79 bits per heavy atom. The van der Waals surface area contributed by atoms with E-state index in [0.717, 1.165) is 12.1 Å². The fourth-order valence-corrected chi connectivity index (χ4v) is 1.89. The Morgan fingerprint density at radius 1 is 1.08 bits per heavy atom. The number of hydrogen-bond acceptors (Lipinski definition) is 3. The molecule has 0 saturated heterocycles. The van der Waals surface area contributed by atoms with Crippen molar-refractivity contribution in [3.63, 3.8) is 0 Å². The molecule has 2 rings (SSSR count). The molecule has 2 aromatic rings. The number of amides is 1. The Balaban J connectivity index is 2.20. The van der Waals surface area contributed by atoms with Gasteiger partial charge in [0.2, 0.25) is 0 Å². The smallest absolute Gasteiger partial charge is 0.416 e. The summed E-state index contributed by atoms with van der Waals surface area (Å²) in [6.07, 6.45) is -4.52. The van der Waals surface area contributed by atoms with E-state index in [4.69, 9.17) is 9.84 Å². The standard InChI is InChI=1S/C16H12F3NO4/c17-16(18,19)10-4-3-5-11(8-10)20-15(23)12-6-1-2-7-13(12)24-9-14(21)22/h1-8H,9H2,(H,20,23)(H,21,22). The molecule has 0 radical (unpaired) electrons.